The summed E-state index contributed by atoms with van der Waals surface area (Å²) in [5, 5.41) is 14.4. The van der Waals surface area contributed by atoms with Crippen molar-refractivity contribution in [1.82, 2.24) is 9.61 Å². The maximum absolute atomic E-state index is 12.5. The van der Waals surface area contributed by atoms with E-state index in [4.69, 9.17) is 0 Å². The number of aliphatic hydroxyl groups excluding tert-OH is 1. The van der Waals surface area contributed by atoms with Gasteiger partial charge in [0, 0.05) is 11.8 Å². The first-order valence-corrected chi connectivity index (χ1v) is 6.24. The van der Waals surface area contributed by atoms with Crippen LogP contribution in [0, 0.1) is 0 Å². The second kappa shape index (κ2) is 4.89. The van der Waals surface area contributed by atoms with Gasteiger partial charge in [0.15, 0.2) is 0 Å². The molecule has 1 aromatic carbocycles. The Kier molecular flexibility index (Phi) is 3.17. The van der Waals surface area contributed by atoms with Crippen molar-refractivity contribution in [3.63, 3.8) is 0 Å². The molecule has 6 heteroatoms. The van der Waals surface area contributed by atoms with Gasteiger partial charge in [0.05, 0.1) is 17.3 Å². The number of alkyl halides is 3. The zero-order valence-electron chi connectivity index (χ0n) is 10.7. The Balaban J connectivity index is 1.97. The van der Waals surface area contributed by atoms with E-state index >= 15 is 0 Å². The first-order valence-electron chi connectivity index (χ1n) is 6.24. The number of hydrogen-bond acceptors (Lipinski definition) is 2. The highest BCUT2D eigenvalue weighted by Gasteiger charge is 2.30. The predicted molar refractivity (Wildman–Crippen MR) is 70.7 cm³/mol. The number of pyridine rings is 1. The average Bonchev–Trinajstić information content (AvgIpc) is 2.90. The number of hydrogen-bond donors (Lipinski definition) is 1. The number of fused-ring (bicyclic) bond motifs is 1. The summed E-state index contributed by atoms with van der Waals surface area (Å²) >= 11 is 0. The summed E-state index contributed by atoms with van der Waals surface area (Å²) in [6, 6.07) is 9.87. The largest absolute Gasteiger partial charge is 0.416 e. The highest BCUT2D eigenvalue weighted by Crippen LogP contribution is 2.31. The first kappa shape index (κ1) is 13.6. The molecule has 108 valence electrons. The molecule has 0 fully saturated rings. The number of rotatable bonds is 2. The molecule has 2 heterocycles. The van der Waals surface area contributed by atoms with Crippen LogP contribution >= 0.6 is 0 Å². The third-order valence-corrected chi connectivity index (χ3v) is 3.30. The van der Waals surface area contributed by atoms with Gasteiger partial charge in [-0.3, -0.25) is 0 Å². The van der Waals surface area contributed by atoms with Crippen LogP contribution in [-0.4, -0.2) is 14.7 Å². The molecule has 1 N–H and O–H groups in total. The second-order valence-electron chi connectivity index (χ2n) is 4.65. The molecule has 0 spiro atoms. The molecule has 0 aliphatic carbocycles. The Morgan fingerprint density at radius 1 is 1.05 bits per heavy atom. The van der Waals surface area contributed by atoms with E-state index in [1.54, 1.807) is 28.9 Å². The van der Waals surface area contributed by atoms with Gasteiger partial charge < -0.3 is 5.11 Å². The van der Waals surface area contributed by atoms with Gasteiger partial charge in [0.1, 0.15) is 6.10 Å². The van der Waals surface area contributed by atoms with Crippen molar-refractivity contribution < 1.29 is 18.3 Å². The van der Waals surface area contributed by atoms with E-state index in [0.717, 1.165) is 12.1 Å². The van der Waals surface area contributed by atoms with Crippen molar-refractivity contribution in [2.24, 2.45) is 0 Å². The molecule has 0 bridgehead atoms. The smallest absolute Gasteiger partial charge is 0.384 e. The second-order valence-corrected chi connectivity index (χ2v) is 4.65. The van der Waals surface area contributed by atoms with Gasteiger partial charge in [-0.1, -0.05) is 18.2 Å². The van der Waals surface area contributed by atoms with Crippen molar-refractivity contribution in [3.8, 4) is 0 Å². The topological polar surface area (TPSA) is 37.5 Å². The van der Waals surface area contributed by atoms with E-state index in [9.17, 15) is 18.3 Å². The highest BCUT2D eigenvalue weighted by atomic mass is 19.4. The molecule has 0 aliphatic rings. The van der Waals surface area contributed by atoms with Crippen molar-refractivity contribution in [2.45, 2.75) is 12.3 Å². The third kappa shape index (κ3) is 2.50. The molecule has 3 rings (SSSR count). The zero-order valence-corrected chi connectivity index (χ0v) is 10.7. The molecule has 1 unspecified atom stereocenters. The molecule has 21 heavy (non-hydrogen) atoms. The molecular weight excluding hydrogens is 281 g/mol. The Morgan fingerprint density at radius 2 is 1.76 bits per heavy atom. The predicted octanol–water partition coefficient (Wildman–Crippen LogP) is 3.43. The van der Waals surface area contributed by atoms with Crippen molar-refractivity contribution in [1.29, 1.82) is 0 Å². The van der Waals surface area contributed by atoms with Gasteiger partial charge in [-0.2, -0.15) is 18.3 Å². The summed E-state index contributed by atoms with van der Waals surface area (Å²) in [5.41, 5.74) is 0.917. The third-order valence-electron chi connectivity index (χ3n) is 3.30. The normalized spacial score (nSPS) is 13.5. The van der Waals surface area contributed by atoms with Gasteiger partial charge in [-0.25, -0.2) is 4.52 Å². The lowest BCUT2D eigenvalue weighted by atomic mass is 10.0. The molecule has 3 aromatic rings. The van der Waals surface area contributed by atoms with E-state index < -0.39 is 17.8 Å². The maximum Gasteiger partial charge on any atom is 0.416 e. The minimum Gasteiger partial charge on any atom is -0.384 e. The van der Waals surface area contributed by atoms with Gasteiger partial charge >= 0.3 is 6.18 Å². The summed E-state index contributed by atoms with van der Waals surface area (Å²) in [5.74, 6) is 0. The quantitative estimate of drug-likeness (QED) is 0.785. The summed E-state index contributed by atoms with van der Waals surface area (Å²) in [7, 11) is 0. The van der Waals surface area contributed by atoms with E-state index in [1.807, 2.05) is 0 Å². The van der Waals surface area contributed by atoms with Crippen LogP contribution in [0.3, 0.4) is 0 Å². The van der Waals surface area contributed by atoms with Crippen LogP contribution in [-0.2, 0) is 6.18 Å². The van der Waals surface area contributed by atoms with E-state index in [-0.39, 0.29) is 0 Å². The molecule has 0 saturated carbocycles. The maximum atomic E-state index is 12.5. The van der Waals surface area contributed by atoms with Gasteiger partial charge in [-0.15, -0.1) is 0 Å². The number of nitrogens with zero attached hydrogens (tertiary/aromatic N) is 2. The molecule has 0 amide bonds. The minimum absolute atomic E-state index is 0.391. The minimum atomic E-state index is -4.38. The van der Waals surface area contributed by atoms with Crippen LogP contribution < -0.4 is 0 Å². The van der Waals surface area contributed by atoms with E-state index in [1.165, 1.54) is 18.3 Å². The number of aliphatic hydroxyl groups is 1. The lowest BCUT2D eigenvalue weighted by Crippen LogP contribution is -2.06. The van der Waals surface area contributed by atoms with Crippen LogP contribution in [0.4, 0.5) is 13.2 Å². The van der Waals surface area contributed by atoms with E-state index in [0.29, 0.717) is 16.6 Å². The van der Waals surface area contributed by atoms with Crippen LogP contribution in [0.1, 0.15) is 22.8 Å². The fourth-order valence-electron chi connectivity index (χ4n) is 2.20. The van der Waals surface area contributed by atoms with Crippen LogP contribution in [0.2, 0.25) is 0 Å². The number of aromatic nitrogens is 2. The Labute approximate surface area is 118 Å². The summed E-state index contributed by atoms with van der Waals surface area (Å²) < 4.78 is 39.2. The molecule has 2 aromatic heterocycles. The number of halogens is 3. The van der Waals surface area contributed by atoms with Crippen molar-refractivity contribution in [2.75, 3.05) is 0 Å². The van der Waals surface area contributed by atoms with Crippen LogP contribution in [0.5, 0.6) is 0 Å². The van der Waals surface area contributed by atoms with E-state index in [2.05, 4.69) is 5.10 Å². The van der Waals surface area contributed by atoms with Crippen molar-refractivity contribution >= 4 is 5.52 Å². The van der Waals surface area contributed by atoms with Gasteiger partial charge in [0.2, 0.25) is 0 Å². The molecule has 3 nitrogen and oxygen atoms in total. The standard InChI is InChI=1S/C15H11F3N2O/c16-15(17,18)11-6-4-10(5-7-11)14(21)12-9-19-20-8-2-1-3-13(12)20/h1-9,14,21H. The van der Waals surface area contributed by atoms with Gasteiger partial charge in [-0.05, 0) is 29.8 Å². The highest BCUT2D eigenvalue weighted by molar-refractivity contribution is 5.56. The fraction of sp³-hybridized carbons (Fsp3) is 0.133. The first-order chi connectivity index (χ1) is 9.97. The fourth-order valence-corrected chi connectivity index (χ4v) is 2.20. The summed E-state index contributed by atoms with van der Waals surface area (Å²) in [6.07, 6.45) is -2.16. The molecular formula is C15H11F3N2O. The Bertz CT molecular complexity index is 762. The number of benzene rings is 1. The SMILES string of the molecule is OC(c1ccc(C(F)(F)F)cc1)c1cnn2ccccc12. The Hall–Kier alpha value is -2.34. The lowest BCUT2D eigenvalue weighted by Gasteiger charge is -2.12. The summed E-state index contributed by atoms with van der Waals surface area (Å²) in [4.78, 5) is 0. The monoisotopic (exact) mass is 292 g/mol. The molecule has 0 radical (unpaired) electrons. The molecule has 0 saturated heterocycles. The van der Waals surface area contributed by atoms with Crippen LogP contribution in [0.15, 0.2) is 54.9 Å². The molecule has 0 aliphatic heterocycles. The zero-order chi connectivity index (χ0) is 15.0. The molecule has 1 atom stereocenters. The van der Waals surface area contributed by atoms with Gasteiger partial charge in [0.25, 0.3) is 0 Å². The average molecular weight is 292 g/mol. The van der Waals surface area contributed by atoms with Crippen LogP contribution in [0.25, 0.3) is 5.52 Å². The van der Waals surface area contributed by atoms with Crippen molar-refractivity contribution in [3.05, 3.63) is 71.5 Å². The summed E-state index contributed by atoms with van der Waals surface area (Å²) in [6.45, 7) is 0. The lowest BCUT2D eigenvalue weighted by molar-refractivity contribution is -0.137. The Morgan fingerprint density at radius 3 is 2.43 bits per heavy atom.